The highest BCUT2D eigenvalue weighted by Gasteiger charge is 2.10. The normalized spacial score (nSPS) is 13.7. The van der Waals surface area contributed by atoms with Crippen LogP contribution in [0.4, 0.5) is 0 Å². The Labute approximate surface area is 63.4 Å². The molecule has 0 aliphatic heterocycles. The molecule has 0 amide bonds. The van der Waals surface area contributed by atoms with Crippen LogP contribution >= 0.6 is 0 Å². The second-order valence-corrected chi connectivity index (χ2v) is 2.97. The first-order valence-electron chi connectivity index (χ1n) is 3.68. The Morgan fingerprint density at radius 3 is 2.20 bits per heavy atom. The molecular weight excluding hydrogens is 124 g/mol. The fourth-order valence-corrected chi connectivity index (χ4v) is 0.785. The molecule has 0 aliphatic carbocycles. The van der Waals surface area contributed by atoms with Crippen molar-refractivity contribution in [3.05, 3.63) is 0 Å². The van der Waals surface area contributed by atoms with Gasteiger partial charge >= 0.3 is 0 Å². The highest BCUT2D eigenvalue weighted by molar-refractivity contribution is 4.79. The molecule has 0 spiro atoms. The van der Waals surface area contributed by atoms with Crippen molar-refractivity contribution < 1.29 is 0 Å². The summed E-state index contributed by atoms with van der Waals surface area (Å²) in [6.07, 6.45) is 0.620. The van der Waals surface area contributed by atoms with E-state index in [4.69, 9.17) is 5.26 Å². The summed E-state index contributed by atoms with van der Waals surface area (Å²) in [6.45, 7) is 6.34. The van der Waals surface area contributed by atoms with Crippen molar-refractivity contribution in [2.24, 2.45) is 0 Å². The lowest BCUT2D eigenvalue weighted by molar-refractivity contribution is 0.211. The molecular formula is C8H16N2. The van der Waals surface area contributed by atoms with Crippen LogP contribution in [0.15, 0.2) is 0 Å². The molecule has 1 unspecified atom stereocenters. The van der Waals surface area contributed by atoms with E-state index in [0.717, 1.165) is 0 Å². The van der Waals surface area contributed by atoms with Crippen LogP contribution < -0.4 is 0 Å². The average Bonchev–Trinajstić information content (AvgIpc) is 1.87. The maximum atomic E-state index is 8.39. The molecule has 58 valence electrons. The van der Waals surface area contributed by atoms with Crippen LogP contribution in [0.25, 0.3) is 0 Å². The van der Waals surface area contributed by atoms with Gasteiger partial charge in [-0.15, -0.1) is 0 Å². The van der Waals surface area contributed by atoms with Gasteiger partial charge in [-0.05, 0) is 27.8 Å². The Balaban J connectivity index is 3.72. The zero-order valence-electron chi connectivity index (χ0n) is 7.26. The first kappa shape index (κ1) is 9.45. The van der Waals surface area contributed by atoms with Crippen molar-refractivity contribution in [2.45, 2.75) is 39.3 Å². The Kier molecular flexibility index (Phi) is 4.06. The van der Waals surface area contributed by atoms with E-state index in [1.54, 1.807) is 0 Å². The molecule has 0 bridgehead atoms. The van der Waals surface area contributed by atoms with Gasteiger partial charge in [0.2, 0.25) is 0 Å². The molecule has 0 N–H and O–H groups in total. The highest BCUT2D eigenvalue weighted by atomic mass is 15.1. The number of nitrogens with zero attached hydrogens (tertiary/aromatic N) is 2. The number of hydrogen-bond donors (Lipinski definition) is 0. The molecule has 2 heteroatoms. The third kappa shape index (κ3) is 2.84. The van der Waals surface area contributed by atoms with Gasteiger partial charge in [0.1, 0.15) is 0 Å². The molecule has 0 heterocycles. The van der Waals surface area contributed by atoms with Crippen LogP contribution in [0.1, 0.15) is 27.2 Å². The molecule has 0 aliphatic rings. The minimum atomic E-state index is 0.380. The molecule has 1 atom stereocenters. The summed E-state index contributed by atoms with van der Waals surface area (Å²) in [7, 11) is 2.05. The second kappa shape index (κ2) is 4.29. The highest BCUT2D eigenvalue weighted by Crippen LogP contribution is 2.03. The van der Waals surface area contributed by atoms with Crippen molar-refractivity contribution in [1.29, 1.82) is 5.26 Å². The quantitative estimate of drug-likeness (QED) is 0.595. The molecule has 0 saturated heterocycles. The average molecular weight is 140 g/mol. The molecule has 0 aromatic carbocycles. The van der Waals surface area contributed by atoms with Crippen LogP contribution in [-0.2, 0) is 0 Å². The van der Waals surface area contributed by atoms with Crippen LogP contribution in [0.2, 0.25) is 0 Å². The zero-order valence-corrected chi connectivity index (χ0v) is 7.26. The SMILES string of the molecule is CC(C)N(C)C(C)CC#N. The molecule has 2 nitrogen and oxygen atoms in total. The van der Waals surface area contributed by atoms with Gasteiger partial charge in [-0.1, -0.05) is 0 Å². The second-order valence-electron chi connectivity index (χ2n) is 2.97. The van der Waals surface area contributed by atoms with Crippen molar-refractivity contribution in [3.63, 3.8) is 0 Å². The van der Waals surface area contributed by atoms with Crippen molar-refractivity contribution in [3.8, 4) is 6.07 Å². The topological polar surface area (TPSA) is 27.0 Å². The van der Waals surface area contributed by atoms with Gasteiger partial charge in [-0.3, -0.25) is 0 Å². The van der Waals surface area contributed by atoms with Gasteiger partial charge in [0.15, 0.2) is 0 Å². The fourth-order valence-electron chi connectivity index (χ4n) is 0.785. The zero-order chi connectivity index (χ0) is 8.15. The van der Waals surface area contributed by atoms with Crippen LogP contribution in [0.5, 0.6) is 0 Å². The van der Waals surface area contributed by atoms with Crippen molar-refractivity contribution >= 4 is 0 Å². The van der Waals surface area contributed by atoms with Gasteiger partial charge in [-0.2, -0.15) is 5.26 Å². The predicted octanol–water partition coefficient (Wildman–Crippen LogP) is 1.63. The smallest absolute Gasteiger partial charge is 0.0638 e. The summed E-state index contributed by atoms with van der Waals surface area (Å²) in [5.41, 5.74) is 0. The van der Waals surface area contributed by atoms with Gasteiger partial charge < -0.3 is 4.90 Å². The number of nitriles is 1. The van der Waals surface area contributed by atoms with Gasteiger partial charge in [-0.25, -0.2) is 0 Å². The maximum absolute atomic E-state index is 8.39. The predicted molar refractivity (Wildman–Crippen MR) is 42.6 cm³/mol. The lowest BCUT2D eigenvalue weighted by Gasteiger charge is -2.26. The first-order chi connectivity index (χ1) is 4.59. The Morgan fingerprint density at radius 1 is 1.40 bits per heavy atom. The van der Waals surface area contributed by atoms with Gasteiger partial charge in [0, 0.05) is 12.1 Å². The maximum Gasteiger partial charge on any atom is 0.0638 e. The van der Waals surface area contributed by atoms with Crippen LogP contribution in [0.3, 0.4) is 0 Å². The third-order valence-electron chi connectivity index (χ3n) is 1.90. The van der Waals surface area contributed by atoms with E-state index in [9.17, 15) is 0 Å². The Hall–Kier alpha value is -0.550. The Bertz CT molecular complexity index is 124. The van der Waals surface area contributed by atoms with Crippen LogP contribution in [-0.4, -0.2) is 24.0 Å². The molecule has 10 heavy (non-hydrogen) atoms. The molecule has 0 aromatic heterocycles. The van der Waals surface area contributed by atoms with Crippen molar-refractivity contribution in [2.75, 3.05) is 7.05 Å². The summed E-state index contributed by atoms with van der Waals surface area (Å²) in [5, 5.41) is 8.39. The molecule has 0 fully saturated rings. The minimum Gasteiger partial charge on any atom is -0.300 e. The molecule has 0 radical (unpaired) electrons. The van der Waals surface area contributed by atoms with E-state index in [-0.39, 0.29) is 0 Å². The molecule has 0 aromatic rings. The van der Waals surface area contributed by atoms with Gasteiger partial charge in [0.25, 0.3) is 0 Å². The molecule has 0 rings (SSSR count). The van der Waals surface area contributed by atoms with Crippen molar-refractivity contribution in [1.82, 2.24) is 4.90 Å². The first-order valence-corrected chi connectivity index (χ1v) is 3.68. The number of hydrogen-bond acceptors (Lipinski definition) is 2. The standard InChI is InChI=1S/C8H16N2/c1-7(2)10(4)8(3)5-6-9/h7-8H,5H2,1-4H3. The van der Waals surface area contributed by atoms with E-state index in [1.165, 1.54) is 0 Å². The minimum absolute atomic E-state index is 0.380. The third-order valence-corrected chi connectivity index (χ3v) is 1.90. The monoisotopic (exact) mass is 140 g/mol. The summed E-state index contributed by atoms with van der Waals surface area (Å²) >= 11 is 0. The lowest BCUT2D eigenvalue weighted by atomic mass is 10.2. The summed E-state index contributed by atoms with van der Waals surface area (Å²) in [6, 6.07) is 3.07. The molecule has 0 saturated carbocycles. The van der Waals surface area contributed by atoms with E-state index < -0.39 is 0 Å². The fraction of sp³-hybridized carbons (Fsp3) is 0.875. The lowest BCUT2D eigenvalue weighted by Crippen LogP contribution is -2.34. The number of rotatable bonds is 3. The van der Waals surface area contributed by atoms with E-state index >= 15 is 0 Å². The van der Waals surface area contributed by atoms with Crippen LogP contribution in [0, 0.1) is 11.3 Å². The van der Waals surface area contributed by atoms with Gasteiger partial charge in [0.05, 0.1) is 12.5 Å². The van der Waals surface area contributed by atoms with E-state index in [2.05, 4.69) is 31.7 Å². The summed E-state index contributed by atoms with van der Waals surface area (Å²) in [4.78, 5) is 2.20. The summed E-state index contributed by atoms with van der Waals surface area (Å²) in [5.74, 6) is 0. The largest absolute Gasteiger partial charge is 0.300 e. The summed E-state index contributed by atoms with van der Waals surface area (Å²) < 4.78 is 0. The Morgan fingerprint density at radius 2 is 1.90 bits per heavy atom. The van der Waals surface area contributed by atoms with E-state index in [1.807, 2.05) is 7.05 Å². The van der Waals surface area contributed by atoms with E-state index in [0.29, 0.717) is 18.5 Å².